The van der Waals surface area contributed by atoms with Gasteiger partial charge in [0, 0.05) is 6.07 Å². The highest BCUT2D eigenvalue weighted by atomic mass is 35.5. The Labute approximate surface area is 106 Å². The van der Waals surface area contributed by atoms with E-state index in [2.05, 4.69) is 9.97 Å². The fourth-order valence-corrected chi connectivity index (χ4v) is 1.68. The van der Waals surface area contributed by atoms with Crippen molar-refractivity contribution in [1.29, 1.82) is 0 Å². The summed E-state index contributed by atoms with van der Waals surface area (Å²) < 4.78 is 4.77. The molecule has 7 nitrogen and oxygen atoms in total. The van der Waals surface area contributed by atoms with E-state index < -0.39 is 10.9 Å². The predicted molar refractivity (Wildman–Crippen MR) is 63.7 cm³/mol. The third-order valence-corrected chi connectivity index (χ3v) is 2.52. The molecule has 0 spiro atoms. The Kier molecular flexibility index (Phi) is 3.15. The molecule has 2 rings (SSSR count). The smallest absolute Gasteiger partial charge is 0.374 e. The first-order valence-corrected chi connectivity index (χ1v) is 5.41. The van der Waals surface area contributed by atoms with Crippen molar-refractivity contribution in [3.63, 3.8) is 0 Å². The van der Waals surface area contributed by atoms with Crippen molar-refractivity contribution in [3.8, 4) is 0 Å². The number of H-pyrrole nitrogens is 1. The van der Waals surface area contributed by atoms with Crippen molar-refractivity contribution in [2.75, 3.05) is 6.61 Å². The summed E-state index contributed by atoms with van der Waals surface area (Å²) in [5.41, 5.74) is 0.478. The van der Waals surface area contributed by atoms with Gasteiger partial charge in [0.1, 0.15) is 5.02 Å². The Hall–Kier alpha value is -2.15. The molecule has 0 atom stereocenters. The maximum atomic E-state index is 11.4. The van der Waals surface area contributed by atoms with E-state index in [4.69, 9.17) is 16.3 Å². The van der Waals surface area contributed by atoms with E-state index in [-0.39, 0.29) is 23.1 Å². The van der Waals surface area contributed by atoms with Gasteiger partial charge in [0.2, 0.25) is 5.82 Å². The summed E-state index contributed by atoms with van der Waals surface area (Å²) in [6, 6.07) is 2.56. The molecule has 0 aliphatic heterocycles. The van der Waals surface area contributed by atoms with Gasteiger partial charge in [0.15, 0.2) is 0 Å². The molecule has 0 bridgehead atoms. The largest absolute Gasteiger partial charge is 0.460 e. The number of hydrogen-bond acceptors (Lipinski definition) is 5. The molecule has 2 aromatic rings. The first-order valence-electron chi connectivity index (χ1n) is 5.03. The van der Waals surface area contributed by atoms with Gasteiger partial charge in [-0.2, -0.15) is 0 Å². The minimum atomic E-state index is -0.618. The van der Waals surface area contributed by atoms with Crippen LogP contribution in [-0.4, -0.2) is 27.5 Å². The van der Waals surface area contributed by atoms with Crippen LogP contribution >= 0.6 is 11.6 Å². The summed E-state index contributed by atoms with van der Waals surface area (Å²) in [4.78, 5) is 28.1. The number of carbonyl (C=O) groups is 1. The summed E-state index contributed by atoms with van der Waals surface area (Å²) >= 11 is 5.74. The topological polar surface area (TPSA) is 98.1 Å². The monoisotopic (exact) mass is 269 g/mol. The minimum absolute atomic E-state index is 0.0107. The molecule has 0 amide bonds. The molecule has 1 heterocycles. The second-order valence-electron chi connectivity index (χ2n) is 3.38. The number of esters is 1. The molecule has 8 heteroatoms. The van der Waals surface area contributed by atoms with Crippen LogP contribution in [0.5, 0.6) is 0 Å². The number of nitrogens with zero attached hydrogens (tertiary/aromatic N) is 2. The van der Waals surface area contributed by atoms with Gasteiger partial charge in [-0.3, -0.25) is 10.1 Å². The van der Waals surface area contributed by atoms with E-state index in [1.807, 2.05) is 0 Å². The van der Waals surface area contributed by atoms with Crippen molar-refractivity contribution in [1.82, 2.24) is 9.97 Å². The van der Waals surface area contributed by atoms with Gasteiger partial charge in [0.25, 0.3) is 5.69 Å². The lowest BCUT2D eigenvalue weighted by Crippen LogP contribution is -2.06. The molecule has 94 valence electrons. The highest BCUT2D eigenvalue weighted by Crippen LogP contribution is 2.28. The number of imidazole rings is 1. The fraction of sp³-hybridized carbons (Fsp3) is 0.200. The quantitative estimate of drug-likeness (QED) is 0.524. The van der Waals surface area contributed by atoms with Crippen LogP contribution in [0, 0.1) is 10.1 Å². The van der Waals surface area contributed by atoms with Crippen LogP contribution < -0.4 is 0 Å². The number of benzene rings is 1. The first-order chi connectivity index (χ1) is 8.52. The number of nitro benzene ring substituents is 1. The number of ether oxygens (including phenoxy) is 1. The van der Waals surface area contributed by atoms with Gasteiger partial charge in [-0.1, -0.05) is 11.6 Å². The lowest BCUT2D eigenvalue weighted by atomic mass is 10.3. The van der Waals surface area contributed by atoms with Gasteiger partial charge < -0.3 is 9.72 Å². The molecular formula is C10H8ClN3O4. The molecule has 1 N–H and O–H groups in total. The number of hydrogen-bond donors (Lipinski definition) is 1. The fourth-order valence-electron chi connectivity index (χ4n) is 1.46. The van der Waals surface area contributed by atoms with Crippen LogP contribution in [0.3, 0.4) is 0 Å². The predicted octanol–water partition coefficient (Wildman–Crippen LogP) is 2.30. The molecule has 0 saturated heterocycles. The zero-order valence-electron chi connectivity index (χ0n) is 9.27. The number of nitro groups is 1. The van der Waals surface area contributed by atoms with E-state index in [0.717, 1.165) is 0 Å². The molecule has 0 saturated carbocycles. The number of rotatable bonds is 3. The molecule has 0 fully saturated rings. The number of carbonyl (C=O) groups excluding carboxylic acids is 1. The molecule has 1 aromatic carbocycles. The van der Waals surface area contributed by atoms with E-state index >= 15 is 0 Å². The Morgan fingerprint density at radius 2 is 2.33 bits per heavy atom. The van der Waals surface area contributed by atoms with Crippen molar-refractivity contribution < 1.29 is 14.5 Å². The van der Waals surface area contributed by atoms with Crippen LogP contribution in [0.15, 0.2) is 12.1 Å². The normalized spacial score (nSPS) is 10.6. The lowest BCUT2D eigenvalue weighted by molar-refractivity contribution is -0.384. The van der Waals surface area contributed by atoms with Gasteiger partial charge in [-0.05, 0) is 13.0 Å². The number of halogens is 1. The summed E-state index contributed by atoms with van der Waals surface area (Å²) in [6.07, 6.45) is 0. The standard InChI is InChI=1S/C10H8ClN3O4/c1-2-18-10(15)9-12-6-3-5(11)8(14(16)17)4-7(6)13-9/h3-4H,2H2,1H3,(H,12,13). The van der Waals surface area contributed by atoms with E-state index in [9.17, 15) is 14.9 Å². The Morgan fingerprint density at radius 1 is 1.61 bits per heavy atom. The van der Waals surface area contributed by atoms with Crippen molar-refractivity contribution in [2.24, 2.45) is 0 Å². The molecular weight excluding hydrogens is 262 g/mol. The SMILES string of the molecule is CCOC(=O)c1nc2cc(Cl)c([N+](=O)[O-])cc2[nH]1. The average Bonchev–Trinajstić information content (AvgIpc) is 2.70. The van der Waals surface area contributed by atoms with Gasteiger partial charge >= 0.3 is 5.97 Å². The number of aromatic nitrogens is 2. The van der Waals surface area contributed by atoms with Crippen molar-refractivity contribution >= 4 is 34.3 Å². The lowest BCUT2D eigenvalue weighted by Gasteiger charge is -1.95. The third-order valence-electron chi connectivity index (χ3n) is 2.22. The molecule has 0 radical (unpaired) electrons. The summed E-state index contributed by atoms with van der Waals surface area (Å²) in [7, 11) is 0. The zero-order valence-corrected chi connectivity index (χ0v) is 10.0. The third kappa shape index (κ3) is 2.12. The Morgan fingerprint density at radius 3 is 2.94 bits per heavy atom. The number of aromatic amines is 1. The summed E-state index contributed by atoms with van der Waals surface area (Å²) in [6.45, 7) is 1.89. The summed E-state index contributed by atoms with van der Waals surface area (Å²) in [5.74, 6) is -0.629. The zero-order chi connectivity index (χ0) is 13.3. The molecule has 0 aliphatic carbocycles. The van der Waals surface area contributed by atoms with Gasteiger partial charge in [-0.15, -0.1) is 0 Å². The van der Waals surface area contributed by atoms with E-state index in [0.29, 0.717) is 11.0 Å². The van der Waals surface area contributed by atoms with Gasteiger partial charge in [0.05, 0.1) is 22.6 Å². The maximum absolute atomic E-state index is 11.4. The first kappa shape index (κ1) is 12.3. The van der Waals surface area contributed by atoms with Gasteiger partial charge in [-0.25, -0.2) is 9.78 Å². The second-order valence-corrected chi connectivity index (χ2v) is 3.79. The summed E-state index contributed by atoms with van der Waals surface area (Å²) in [5, 5.41) is 10.7. The Bertz CT molecular complexity index is 637. The Balaban J connectivity index is 2.52. The average molecular weight is 270 g/mol. The number of nitrogens with one attached hydrogen (secondary N) is 1. The minimum Gasteiger partial charge on any atom is -0.460 e. The van der Waals surface area contributed by atoms with Crippen LogP contribution in [0.25, 0.3) is 11.0 Å². The highest BCUT2D eigenvalue weighted by Gasteiger charge is 2.18. The molecule has 0 unspecified atom stereocenters. The molecule has 0 aliphatic rings. The number of fused-ring (bicyclic) bond motifs is 1. The van der Waals surface area contributed by atoms with Crippen LogP contribution in [0.2, 0.25) is 5.02 Å². The van der Waals surface area contributed by atoms with Crippen LogP contribution in [-0.2, 0) is 4.74 Å². The molecule has 18 heavy (non-hydrogen) atoms. The maximum Gasteiger partial charge on any atom is 0.374 e. The highest BCUT2D eigenvalue weighted by molar-refractivity contribution is 6.33. The van der Waals surface area contributed by atoms with Crippen molar-refractivity contribution in [3.05, 3.63) is 33.1 Å². The van der Waals surface area contributed by atoms with Crippen molar-refractivity contribution in [2.45, 2.75) is 6.92 Å². The molecule has 1 aromatic heterocycles. The van der Waals surface area contributed by atoms with E-state index in [1.165, 1.54) is 12.1 Å². The van der Waals surface area contributed by atoms with E-state index in [1.54, 1.807) is 6.92 Å². The second kappa shape index (κ2) is 4.61. The van der Waals surface area contributed by atoms with Crippen LogP contribution in [0.4, 0.5) is 5.69 Å². The van der Waals surface area contributed by atoms with Crippen LogP contribution in [0.1, 0.15) is 17.5 Å².